The standard InChI is InChI=1S/C31H42O7/c1-24(18-21-27(22-29(32)36-5)23-30(33)37-6)16-14-12-10-8-9-11-13-15-17-28(35-4)25(2)19-20-26(3)31(34)38-7/h9,11-12,14,18-22,24,28H,8,10,16-17,23H2,1-7H3/b11-9+,14-12+,21-18+,25-19-,26-20+,27-22-/t24-,28+/m0/s1. The van der Waals surface area contributed by atoms with Gasteiger partial charge in [-0.25, -0.2) is 9.59 Å². The summed E-state index contributed by atoms with van der Waals surface area (Å²) in [6.07, 6.45) is 19.7. The molecule has 0 aromatic rings. The number of ether oxygens (including phenoxy) is 4. The highest BCUT2D eigenvalue weighted by Gasteiger charge is 2.08. The fraction of sp³-hybridized carbons (Fsp3) is 0.452. The van der Waals surface area contributed by atoms with Crippen molar-refractivity contribution >= 4 is 17.9 Å². The number of hydrogen-bond acceptors (Lipinski definition) is 7. The summed E-state index contributed by atoms with van der Waals surface area (Å²) in [6.45, 7) is 5.70. The van der Waals surface area contributed by atoms with Crippen molar-refractivity contribution in [2.24, 2.45) is 5.92 Å². The third-order valence-electron chi connectivity index (χ3n) is 5.38. The van der Waals surface area contributed by atoms with E-state index in [4.69, 9.17) is 4.74 Å². The highest BCUT2D eigenvalue weighted by atomic mass is 16.5. The minimum absolute atomic E-state index is 0.0103. The Labute approximate surface area is 227 Å². The maximum absolute atomic E-state index is 11.5. The third-order valence-corrected chi connectivity index (χ3v) is 5.38. The Kier molecular flexibility index (Phi) is 19.4. The fourth-order valence-corrected chi connectivity index (χ4v) is 2.97. The van der Waals surface area contributed by atoms with E-state index in [0.29, 0.717) is 17.6 Å². The van der Waals surface area contributed by atoms with E-state index >= 15 is 0 Å². The van der Waals surface area contributed by atoms with Gasteiger partial charge < -0.3 is 18.9 Å². The van der Waals surface area contributed by atoms with Crippen LogP contribution in [0.5, 0.6) is 0 Å². The normalized spacial score (nSPS) is 14.3. The first-order valence-corrected chi connectivity index (χ1v) is 12.5. The predicted molar refractivity (Wildman–Crippen MR) is 150 cm³/mol. The van der Waals surface area contributed by atoms with E-state index in [2.05, 4.69) is 45.1 Å². The van der Waals surface area contributed by atoms with Crippen LogP contribution in [0.2, 0.25) is 0 Å². The van der Waals surface area contributed by atoms with Crippen LogP contribution in [0.25, 0.3) is 0 Å². The number of carbonyl (C=O) groups excluding carboxylic acids is 3. The highest BCUT2D eigenvalue weighted by Crippen LogP contribution is 2.12. The summed E-state index contributed by atoms with van der Waals surface area (Å²) in [5, 5.41) is 0. The van der Waals surface area contributed by atoms with E-state index in [1.54, 1.807) is 26.2 Å². The number of esters is 3. The van der Waals surface area contributed by atoms with Gasteiger partial charge in [0.2, 0.25) is 0 Å². The summed E-state index contributed by atoms with van der Waals surface area (Å²) in [5.41, 5.74) is 2.04. The molecule has 0 bridgehead atoms. The van der Waals surface area contributed by atoms with Crippen molar-refractivity contribution < 1.29 is 33.3 Å². The summed E-state index contributed by atoms with van der Waals surface area (Å²) in [5.74, 6) is 5.10. The quantitative estimate of drug-likeness (QED) is 0.0522. The van der Waals surface area contributed by atoms with Crippen molar-refractivity contribution in [3.63, 3.8) is 0 Å². The van der Waals surface area contributed by atoms with E-state index in [1.165, 1.54) is 27.4 Å². The Morgan fingerprint density at radius 1 is 0.895 bits per heavy atom. The van der Waals surface area contributed by atoms with Crippen LogP contribution in [0, 0.1) is 17.8 Å². The third kappa shape index (κ3) is 16.9. The molecule has 0 saturated heterocycles. The molecule has 7 heteroatoms. The molecule has 0 spiro atoms. The number of rotatable bonds is 15. The molecule has 208 valence electrons. The van der Waals surface area contributed by atoms with Crippen LogP contribution in [0.4, 0.5) is 0 Å². The van der Waals surface area contributed by atoms with Gasteiger partial charge in [-0.3, -0.25) is 4.79 Å². The lowest BCUT2D eigenvalue weighted by Crippen LogP contribution is -2.11. The molecule has 0 aromatic heterocycles. The Morgan fingerprint density at radius 3 is 2.24 bits per heavy atom. The average Bonchev–Trinajstić information content (AvgIpc) is 2.92. The van der Waals surface area contributed by atoms with E-state index in [1.807, 2.05) is 31.2 Å². The molecule has 0 aliphatic carbocycles. The first-order chi connectivity index (χ1) is 18.2. The van der Waals surface area contributed by atoms with Crippen LogP contribution in [-0.2, 0) is 33.3 Å². The van der Waals surface area contributed by atoms with Crippen molar-refractivity contribution in [2.45, 2.75) is 59.0 Å². The number of unbranched alkanes of at least 4 members (excludes halogenated alkanes) is 1. The van der Waals surface area contributed by atoms with Gasteiger partial charge in [-0.15, -0.1) is 0 Å². The van der Waals surface area contributed by atoms with Gasteiger partial charge in [0, 0.05) is 25.2 Å². The summed E-state index contributed by atoms with van der Waals surface area (Å²) >= 11 is 0. The number of methoxy groups -OCH3 is 4. The second-order valence-corrected chi connectivity index (χ2v) is 8.52. The van der Waals surface area contributed by atoms with Gasteiger partial charge in [0.1, 0.15) is 0 Å². The molecule has 0 heterocycles. The Balaban J connectivity index is 4.57. The minimum atomic E-state index is -0.510. The molecule has 7 nitrogen and oxygen atoms in total. The van der Waals surface area contributed by atoms with Crippen molar-refractivity contribution in [2.75, 3.05) is 28.4 Å². The lowest BCUT2D eigenvalue weighted by Gasteiger charge is -2.12. The van der Waals surface area contributed by atoms with Crippen molar-refractivity contribution in [1.82, 2.24) is 0 Å². The molecule has 0 amide bonds. The summed E-state index contributed by atoms with van der Waals surface area (Å²) in [6, 6.07) is 0. The van der Waals surface area contributed by atoms with E-state index in [-0.39, 0.29) is 24.4 Å². The second-order valence-electron chi connectivity index (χ2n) is 8.52. The predicted octanol–water partition coefficient (Wildman–Crippen LogP) is 5.60. The van der Waals surface area contributed by atoms with Crippen molar-refractivity contribution in [3.8, 4) is 11.8 Å². The summed E-state index contributed by atoms with van der Waals surface area (Å²) in [4.78, 5) is 34.5. The van der Waals surface area contributed by atoms with Gasteiger partial charge in [0.05, 0.1) is 33.9 Å². The molecule has 0 unspecified atom stereocenters. The average molecular weight is 527 g/mol. The molecule has 0 N–H and O–H groups in total. The van der Waals surface area contributed by atoms with Crippen molar-refractivity contribution in [1.29, 1.82) is 0 Å². The summed E-state index contributed by atoms with van der Waals surface area (Å²) < 4.78 is 19.5. The van der Waals surface area contributed by atoms with Gasteiger partial charge in [0.15, 0.2) is 0 Å². The molecule has 0 radical (unpaired) electrons. The molecule has 38 heavy (non-hydrogen) atoms. The zero-order chi connectivity index (χ0) is 28.8. The Morgan fingerprint density at radius 2 is 1.61 bits per heavy atom. The summed E-state index contributed by atoms with van der Waals surface area (Å²) in [7, 11) is 5.60. The Bertz CT molecular complexity index is 997. The molecule has 0 aromatic carbocycles. The molecule has 0 saturated carbocycles. The first-order valence-electron chi connectivity index (χ1n) is 12.5. The fourth-order valence-electron chi connectivity index (χ4n) is 2.97. The monoisotopic (exact) mass is 526 g/mol. The van der Waals surface area contributed by atoms with Crippen LogP contribution in [0.15, 0.2) is 71.4 Å². The van der Waals surface area contributed by atoms with Crippen LogP contribution in [-0.4, -0.2) is 52.5 Å². The molecule has 0 aliphatic heterocycles. The van der Waals surface area contributed by atoms with Gasteiger partial charge in [-0.1, -0.05) is 61.3 Å². The highest BCUT2D eigenvalue weighted by molar-refractivity contribution is 5.88. The van der Waals surface area contributed by atoms with Crippen LogP contribution in [0.1, 0.15) is 52.9 Å². The Hall–Kier alpha value is -3.63. The van der Waals surface area contributed by atoms with E-state index < -0.39 is 11.9 Å². The lowest BCUT2D eigenvalue weighted by atomic mass is 10.0. The molecule has 0 fully saturated rings. The molecular weight excluding hydrogens is 484 g/mol. The molecule has 0 aliphatic rings. The molecule has 0 rings (SSSR count). The first kappa shape index (κ1) is 34.4. The van der Waals surface area contributed by atoms with Crippen LogP contribution in [0.3, 0.4) is 0 Å². The smallest absolute Gasteiger partial charge is 0.333 e. The number of carbonyl (C=O) groups is 3. The van der Waals surface area contributed by atoms with Crippen molar-refractivity contribution in [3.05, 3.63) is 71.4 Å². The zero-order valence-corrected chi connectivity index (χ0v) is 23.7. The molecular formula is C31H42O7. The van der Waals surface area contributed by atoms with Crippen LogP contribution < -0.4 is 0 Å². The molecule has 2 atom stereocenters. The number of allylic oxidation sites excluding steroid dienone is 8. The zero-order valence-electron chi connectivity index (χ0n) is 23.7. The van der Waals surface area contributed by atoms with Gasteiger partial charge in [-0.2, -0.15) is 0 Å². The van der Waals surface area contributed by atoms with Gasteiger partial charge in [0.25, 0.3) is 0 Å². The van der Waals surface area contributed by atoms with Gasteiger partial charge >= 0.3 is 17.9 Å². The topological polar surface area (TPSA) is 88.1 Å². The van der Waals surface area contributed by atoms with E-state index in [9.17, 15) is 14.4 Å². The minimum Gasteiger partial charge on any atom is -0.469 e. The van der Waals surface area contributed by atoms with Gasteiger partial charge in [-0.05, 0) is 56.3 Å². The maximum Gasteiger partial charge on any atom is 0.333 e. The van der Waals surface area contributed by atoms with E-state index in [0.717, 1.165) is 24.8 Å². The SMILES string of the molecule is COC(=O)/C=C(/C=C/[C@@H](C)C/C=C/CC/C=C/C#CC[C@@H](OC)/C(C)=C\C=C(/C)C(=O)OC)CC(=O)OC. The number of hydrogen-bond donors (Lipinski definition) is 0. The lowest BCUT2D eigenvalue weighted by molar-refractivity contribution is -0.139. The largest absolute Gasteiger partial charge is 0.469 e. The van der Waals surface area contributed by atoms with Crippen LogP contribution >= 0.6 is 0 Å². The maximum atomic E-state index is 11.5. The second kappa shape index (κ2) is 21.5.